The minimum atomic E-state index is -1.12. The van der Waals surface area contributed by atoms with Gasteiger partial charge in [-0.3, -0.25) is 4.79 Å². The van der Waals surface area contributed by atoms with E-state index in [1.807, 2.05) is 0 Å². The number of carbonyl (C=O) groups excluding carboxylic acids is 1. The van der Waals surface area contributed by atoms with Crippen LogP contribution in [0.5, 0.6) is 0 Å². The van der Waals surface area contributed by atoms with Crippen LogP contribution in [0, 0.1) is 0 Å². The second-order valence-electron chi connectivity index (χ2n) is 5.08. The zero-order valence-corrected chi connectivity index (χ0v) is 12.4. The number of benzene rings is 1. The van der Waals surface area contributed by atoms with Crippen molar-refractivity contribution in [3.8, 4) is 0 Å². The quantitative estimate of drug-likeness (QED) is 0.874. The summed E-state index contributed by atoms with van der Waals surface area (Å²) in [6.45, 7) is 0.769. The molecule has 0 spiro atoms. The van der Waals surface area contributed by atoms with Gasteiger partial charge in [-0.25, -0.2) is 4.79 Å². The molecular formula is C15H18ClNO4. The maximum absolute atomic E-state index is 11.9. The molecule has 1 unspecified atom stereocenters. The van der Waals surface area contributed by atoms with Crippen LogP contribution in [0.1, 0.15) is 42.5 Å². The fourth-order valence-electron chi connectivity index (χ4n) is 2.32. The van der Waals surface area contributed by atoms with Crippen LogP contribution in [0.2, 0.25) is 5.02 Å². The molecular weight excluding hydrogens is 294 g/mol. The smallest absolute Gasteiger partial charge is 0.337 e. The summed E-state index contributed by atoms with van der Waals surface area (Å²) in [5, 5.41) is 11.8. The van der Waals surface area contributed by atoms with E-state index in [4.69, 9.17) is 21.4 Å². The van der Waals surface area contributed by atoms with Crippen molar-refractivity contribution in [2.45, 2.75) is 38.2 Å². The highest BCUT2D eigenvalue weighted by atomic mass is 35.5. The summed E-state index contributed by atoms with van der Waals surface area (Å²) in [5.41, 5.74) is 0.413. The third-order valence-electron chi connectivity index (χ3n) is 3.45. The van der Waals surface area contributed by atoms with Gasteiger partial charge >= 0.3 is 5.97 Å². The second-order valence-corrected chi connectivity index (χ2v) is 5.48. The van der Waals surface area contributed by atoms with E-state index in [2.05, 4.69) is 5.32 Å². The van der Waals surface area contributed by atoms with E-state index in [1.165, 1.54) is 12.1 Å². The molecule has 114 valence electrons. The van der Waals surface area contributed by atoms with E-state index in [-0.39, 0.29) is 22.6 Å². The SMILES string of the molecule is O=C(CCC1CCCCO1)Nc1ccc(Cl)c(C(=O)O)c1. The highest BCUT2D eigenvalue weighted by Gasteiger charge is 2.16. The predicted octanol–water partition coefficient (Wildman–Crippen LogP) is 3.33. The summed E-state index contributed by atoms with van der Waals surface area (Å²) in [6, 6.07) is 4.41. The molecule has 1 aromatic rings. The van der Waals surface area contributed by atoms with Crippen molar-refractivity contribution < 1.29 is 19.4 Å². The molecule has 1 fully saturated rings. The van der Waals surface area contributed by atoms with Gasteiger partial charge in [-0.15, -0.1) is 0 Å². The monoisotopic (exact) mass is 311 g/mol. The summed E-state index contributed by atoms with van der Waals surface area (Å²) in [4.78, 5) is 22.9. The first-order chi connectivity index (χ1) is 10.1. The molecule has 0 aromatic heterocycles. The molecule has 0 saturated carbocycles. The Balaban J connectivity index is 1.87. The van der Waals surface area contributed by atoms with Gasteiger partial charge in [0.25, 0.3) is 0 Å². The summed E-state index contributed by atoms with van der Waals surface area (Å²) < 4.78 is 5.57. The van der Waals surface area contributed by atoms with Crippen molar-refractivity contribution in [1.29, 1.82) is 0 Å². The summed E-state index contributed by atoms with van der Waals surface area (Å²) in [5.74, 6) is -1.27. The molecule has 2 rings (SSSR count). The van der Waals surface area contributed by atoms with E-state index >= 15 is 0 Å². The number of aromatic carboxylic acids is 1. The number of ether oxygens (including phenoxy) is 1. The van der Waals surface area contributed by atoms with Crippen LogP contribution in [0.25, 0.3) is 0 Å². The van der Waals surface area contributed by atoms with Crippen LogP contribution in [-0.2, 0) is 9.53 Å². The molecule has 2 N–H and O–H groups in total. The highest BCUT2D eigenvalue weighted by Crippen LogP contribution is 2.21. The number of carbonyl (C=O) groups is 2. The van der Waals surface area contributed by atoms with Gasteiger partial charge in [0, 0.05) is 18.7 Å². The lowest BCUT2D eigenvalue weighted by Crippen LogP contribution is -2.21. The van der Waals surface area contributed by atoms with Gasteiger partial charge in [-0.05, 0) is 43.9 Å². The van der Waals surface area contributed by atoms with Crippen LogP contribution < -0.4 is 5.32 Å². The van der Waals surface area contributed by atoms with Crippen LogP contribution in [0.3, 0.4) is 0 Å². The lowest BCUT2D eigenvalue weighted by atomic mass is 10.0. The van der Waals surface area contributed by atoms with Crippen LogP contribution >= 0.6 is 11.6 Å². The van der Waals surface area contributed by atoms with Crippen molar-refractivity contribution in [2.24, 2.45) is 0 Å². The fraction of sp³-hybridized carbons (Fsp3) is 0.467. The van der Waals surface area contributed by atoms with Gasteiger partial charge < -0.3 is 15.2 Å². The van der Waals surface area contributed by atoms with Gasteiger partial charge in [0.2, 0.25) is 5.91 Å². The number of carboxylic acid groups (broad SMARTS) is 1. The molecule has 1 aliphatic heterocycles. The number of rotatable bonds is 5. The van der Waals surface area contributed by atoms with Crippen LogP contribution in [-0.4, -0.2) is 29.7 Å². The highest BCUT2D eigenvalue weighted by molar-refractivity contribution is 6.33. The molecule has 1 saturated heterocycles. The maximum atomic E-state index is 11.9. The second kappa shape index (κ2) is 7.43. The maximum Gasteiger partial charge on any atom is 0.337 e. The molecule has 0 aliphatic carbocycles. The number of halogens is 1. The summed E-state index contributed by atoms with van der Waals surface area (Å²) in [7, 11) is 0. The first-order valence-corrected chi connectivity index (χ1v) is 7.38. The number of amides is 1. The van der Waals surface area contributed by atoms with Gasteiger partial charge in [0.1, 0.15) is 0 Å². The minimum absolute atomic E-state index is 0.0231. The van der Waals surface area contributed by atoms with Gasteiger partial charge in [0.15, 0.2) is 0 Å². The molecule has 0 radical (unpaired) electrons. The Morgan fingerprint density at radius 3 is 2.86 bits per heavy atom. The van der Waals surface area contributed by atoms with E-state index in [9.17, 15) is 9.59 Å². The zero-order chi connectivity index (χ0) is 15.2. The fourth-order valence-corrected chi connectivity index (χ4v) is 2.52. The Kier molecular flexibility index (Phi) is 5.59. The third-order valence-corrected chi connectivity index (χ3v) is 3.78. The van der Waals surface area contributed by atoms with Crippen molar-refractivity contribution in [3.05, 3.63) is 28.8 Å². The average molecular weight is 312 g/mol. The molecule has 1 atom stereocenters. The number of nitrogens with one attached hydrogen (secondary N) is 1. The largest absolute Gasteiger partial charge is 0.478 e. The topological polar surface area (TPSA) is 75.6 Å². The van der Waals surface area contributed by atoms with E-state index in [0.29, 0.717) is 18.5 Å². The summed E-state index contributed by atoms with van der Waals surface area (Å²) >= 11 is 5.78. The minimum Gasteiger partial charge on any atom is -0.478 e. The Morgan fingerprint density at radius 2 is 2.19 bits per heavy atom. The van der Waals surface area contributed by atoms with Crippen molar-refractivity contribution in [2.75, 3.05) is 11.9 Å². The van der Waals surface area contributed by atoms with Crippen LogP contribution in [0.15, 0.2) is 18.2 Å². The molecule has 1 aliphatic rings. The lowest BCUT2D eigenvalue weighted by Gasteiger charge is -2.22. The van der Waals surface area contributed by atoms with Gasteiger partial charge in [-0.1, -0.05) is 11.6 Å². The van der Waals surface area contributed by atoms with Crippen LogP contribution in [0.4, 0.5) is 5.69 Å². The van der Waals surface area contributed by atoms with E-state index in [0.717, 1.165) is 25.9 Å². The van der Waals surface area contributed by atoms with Crippen molar-refractivity contribution in [1.82, 2.24) is 0 Å². The molecule has 6 heteroatoms. The molecule has 1 heterocycles. The van der Waals surface area contributed by atoms with Crippen molar-refractivity contribution >= 4 is 29.2 Å². The summed E-state index contributed by atoms with van der Waals surface area (Å²) in [6.07, 6.45) is 4.43. The first-order valence-electron chi connectivity index (χ1n) is 7.00. The first kappa shape index (κ1) is 15.8. The third kappa shape index (κ3) is 4.72. The van der Waals surface area contributed by atoms with Gasteiger partial charge in [0.05, 0.1) is 16.7 Å². The number of anilines is 1. The Hall–Kier alpha value is -1.59. The molecule has 0 bridgehead atoms. The number of hydrogen-bond donors (Lipinski definition) is 2. The molecule has 5 nitrogen and oxygen atoms in total. The molecule has 21 heavy (non-hydrogen) atoms. The molecule has 1 aromatic carbocycles. The lowest BCUT2D eigenvalue weighted by molar-refractivity contribution is -0.117. The normalized spacial score (nSPS) is 18.2. The van der Waals surface area contributed by atoms with Crippen molar-refractivity contribution in [3.63, 3.8) is 0 Å². The standard InChI is InChI=1S/C15H18ClNO4/c16-13-6-4-10(9-12(13)15(19)20)17-14(18)7-5-11-3-1-2-8-21-11/h4,6,9,11H,1-3,5,7-8H2,(H,17,18)(H,19,20). The number of hydrogen-bond acceptors (Lipinski definition) is 3. The van der Waals surface area contributed by atoms with E-state index < -0.39 is 5.97 Å². The number of carboxylic acids is 1. The Labute approximate surface area is 128 Å². The van der Waals surface area contributed by atoms with E-state index in [1.54, 1.807) is 6.07 Å². The predicted molar refractivity (Wildman–Crippen MR) is 79.9 cm³/mol. The Bertz CT molecular complexity index is 526. The Morgan fingerprint density at radius 1 is 1.38 bits per heavy atom. The molecule has 1 amide bonds. The van der Waals surface area contributed by atoms with Gasteiger partial charge in [-0.2, -0.15) is 0 Å². The average Bonchev–Trinajstić information content (AvgIpc) is 2.48. The zero-order valence-electron chi connectivity index (χ0n) is 11.6.